The van der Waals surface area contributed by atoms with Gasteiger partial charge in [-0.3, -0.25) is 4.79 Å². The first-order valence-electron chi connectivity index (χ1n) is 7.44. The quantitative estimate of drug-likeness (QED) is 0.872. The maximum Gasteiger partial charge on any atom is 0.251 e. The molecule has 3 atom stereocenters. The normalized spacial score (nSPS) is 28.7. The Morgan fingerprint density at radius 1 is 1.24 bits per heavy atom. The maximum atomic E-state index is 12.3. The summed E-state index contributed by atoms with van der Waals surface area (Å²) in [5, 5.41) is 3.14. The van der Waals surface area contributed by atoms with Gasteiger partial charge in [-0.2, -0.15) is 0 Å². The average molecular weight is 307 g/mol. The van der Waals surface area contributed by atoms with Gasteiger partial charge in [0.2, 0.25) is 0 Å². The third kappa shape index (κ3) is 3.59. The van der Waals surface area contributed by atoms with Crippen molar-refractivity contribution in [3.63, 3.8) is 0 Å². The molecule has 0 aromatic heterocycles. The lowest BCUT2D eigenvalue weighted by atomic mass is 9.89. The van der Waals surface area contributed by atoms with Crippen LogP contribution >= 0.6 is 11.8 Å². The van der Waals surface area contributed by atoms with Crippen LogP contribution in [-0.2, 0) is 9.47 Å². The van der Waals surface area contributed by atoms with E-state index in [2.05, 4.69) is 5.32 Å². The van der Waals surface area contributed by atoms with E-state index in [1.165, 1.54) is 0 Å². The van der Waals surface area contributed by atoms with Gasteiger partial charge in [-0.25, -0.2) is 0 Å². The van der Waals surface area contributed by atoms with Crippen molar-refractivity contribution in [2.75, 3.05) is 19.5 Å². The van der Waals surface area contributed by atoms with E-state index in [0.29, 0.717) is 13.2 Å². The van der Waals surface area contributed by atoms with Gasteiger partial charge in [0.05, 0.1) is 25.4 Å². The first-order valence-corrected chi connectivity index (χ1v) is 8.67. The summed E-state index contributed by atoms with van der Waals surface area (Å²) in [6.07, 6.45) is 5.12. The van der Waals surface area contributed by atoms with E-state index >= 15 is 0 Å². The number of carbonyl (C=O) groups is 1. The molecule has 5 heteroatoms. The van der Waals surface area contributed by atoms with Crippen LogP contribution in [0.2, 0.25) is 0 Å². The van der Waals surface area contributed by atoms with Crippen molar-refractivity contribution >= 4 is 17.7 Å². The summed E-state index contributed by atoms with van der Waals surface area (Å²) in [6.45, 7) is 1.36. The zero-order valence-corrected chi connectivity index (χ0v) is 13.0. The molecule has 1 amide bonds. The molecule has 0 unspecified atom stereocenters. The fourth-order valence-corrected chi connectivity index (χ4v) is 3.49. The number of fused-ring (bicyclic) bond motifs is 1. The Bertz CT molecular complexity index is 508. The summed E-state index contributed by atoms with van der Waals surface area (Å²) in [5.41, 5.74) is 0.727. The predicted molar refractivity (Wildman–Crippen MR) is 82.8 cm³/mol. The SMILES string of the molecule is CSc1cccc(C(=O)N[C@@H]2CC[C@@H]3OCCO[C@@H]3C2)c1. The van der Waals surface area contributed by atoms with E-state index in [1.54, 1.807) is 11.8 Å². The fourth-order valence-electron chi connectivity index (χ4n) is 3.03. The van der Waals surface area contributed by atoms with Gasteiger partial charge in [0.1, 0.15) is 0 Å². The zero-order chi connectivity index (χ0) is 14.7. The molecule has 4 nitrogen and oxygen atoms in total. The van der Waals surface area contributed by atoms with Crippen LogP contribution in [0.25, 0.3) is 0 Å². The van der Waals surface area contributed by atoms with Crippen molar-refractivity contribution in [2.24, 2.45) is 0 Å². The summed E-state index contributed by atoms with van der Waals surface area (Å²) >= 11 is 1.64. The van der Waals surface area contributed by atoms with Gasteiger partial charge in [-0.15, -0.1) is 11.8 Å². The van der Waals surface area contributed by atoms with Gasteiger partial charge in [0.15, 0.2) is 0 Å². The summed E-state index contributed by atoms with van der Waals surface area (Å²) in [6, 6.07) is 7.92. The summed E-state index contributed by atoms with van der Waals surface area (Å²) in [4.78, 5) is 13.5. The van der Waals surface area contributed by atoms with Crippen LogP contribution in [0.15, 0.2) is 29.2 Å². The minimum Gasteiger partial charge on any atom is -0.373 e. The lowest BCUT2D eigenvalue weighted by molar-refractivity contribution is -0.157. The Labute approximate surface area is 129 Å². The maximum absolute atomic E-state index is 12.3. The highest BCUT2D eigenvalue weighted by atomic mass is 32.2. The highest BCUT2D eigenvalue weighted by Crippen LogP contribution is 2.27. The van der Waals surface area contributed by atoms with Crippen molar-refractivity contribution < 1.29 is 14.3 Å². The second-order valence-electron chi connectivity index (χ2n) is 5.53. The Kier molecular flexibility index (Phi) is 4.83. The molecule has 1 heterocycles. The predicted octanol–water partition coefficient (Wildman–Crippen LogP) is 2.47. The molecule has 0 radical (unpaired) electrons. The molecule has 2 aliphatic rings. The third-order valence-corrected chi connectivity index (χ3v) is 4.87. The molecule has 114 valence electrons. The van der Waals surface area contributed by atoms with Crippen molar-refractivity contribution in [1.29, 1.82) is 0 Å². The van der Waals surface area contributed by atoms with Gasteiger partial charge in [-0.05, 0) is 43.7 Å². The molecule has 1 aliphatic carbocycles. The number of carbonyl (C=O) groups excluding carboxylic acids is 1. The number of hydrogen-bond donors (Lipinski definition) is 1. The Hall–Kier alpha value is -1.04. The molecule has 1 aliphatic heterocycles. The molecule has 1 saturated carbocycles. The molecule has 0 spiro atoms. The van der Waals surface area contributed by atoms with Gasteiger partial charge in [0, 0.05) is 16.5 Å². The molecular weight excluding hydrogens is 286 g/mol. The van der Waals surface area contributed by atoms with Gasteiger partial charge in [-0.1, -0.05) is 6.07 Å². The van der Waals surface area contributed by atoms with Crippen LogP contribution in [0.1, 0.15) is 29.6 Å². The van der Waals surface area contributed by atoms with E-state index in [0.717, 1.165) is 29.7 Å². The standard InChI is InChI=1S/C16H21NO3S/c1-21-13-4-2-3-11(9-13)16(18)17-12-5-6-14-15(10-12)20-8-7-19-14/h2-4,9,12,14-15H,5-8,10H2,1H3,(H,17,18)/t12-,14+,15-/m1/s1. The number of benzene rings is 1. The molecule has 2 fully saturated rings. The number of ether oxygens (including phenoxy) is 2. The summed E-state index contributed by atoms with van der Waals surface area (Å²) in [5.74, 6) is 0.00563. The van der Waals surface area contributed by atoms with E-state index in [9.17, 15) is 4.79 Å². The fraction of sp³-hybridized carbons (Fsp3) is 0.562. The first kappa shape index (κ1) is 14.9. The van der Waals surface area contributed by atoms with E-state index in [-0.39, 0.29) is 24.2 Å². The second kappa shape index (κ2) is 6.81. The Morgan fingerprint density at radius 3 is 2.86 bits per heavy atom. The molecule has 1 saturated heterocycles. The van der Waals surface area contributed by atoms with Crippen molar-refractivity contribution in [1.82, 2.24) is 5.32 Å². The lowest BCUT2D eigenvalue weighted by Crippen LogP contribution is -2.49. The third-order valence-electron chi connectivity index (χ3n) is 4.15. The number of nitrogens with one attached hydrogen (secondary N) is 1. The van der Waals surface area contributed by atoms with Crippen molar-refractivity contribution in [3.8, 4) is 0 Å². The van der Waals surface area contributed by atoms with E-state index in [1.807, 2.05) is 30.5 Å². The topological polar surface area (TPSA) is 47.6 Å². The number of rotatable bonds is 3. The van der Waals surface area contributed by atoms with Crippen LogP contribution in [-0.4, -0.2) is 43.6 Å². The van der Waals surface area contributed by atoms with Gasteiger partial charge in [0.25, 0.3) is 5.91 Å². The monoisotopic (exact) mass is 307 g/mol. The molecular formula is C16H21NO3S. The Balaban J connectivity index is 1.59. The summed E-state index contributed by atoms with van der Waals surface area (Å²) < 4.78 is 11.5. The van der Waals surface area contributed by atoms with Gasteiger partial charge >= 0.3 is 0 Å². The molecule has 21 heavy (non-hydrogen) atoms. The van der Waals surface area contributed by atoms with Crippen LogP contribution in [0, 0.1) is 0 Å². The van der Waals surface area contributed by atoms with E-state index < -0.39 is 0 Å². The number of amides is 1. The molecule has 3 rings (SSSR count). The molecule has 0 bridgehead atoms. The highest BCUT2D eigenvalue weighted by molar-refractivity contribution is 7.98. The summed E-state index contributed by atoms with van der Waals surface area (Å²) in [7, 11) is 0. The van der Waals surface area contributed by atoms with Crippen LogP contribution < -0.4 is 5.32 Å². The first-order chi connectivity index (χ1) is 10.3. The second-order valence-corrected chi connectivity index (χ2v) is 6.41. The largest absolute Gasteiger partial charge is 0.373 e. The zero-order valence-electron chi connectivity index (χ0n) is 12.2. The van der Waals surface area contributed by atoms with E-state index in [4.69, 9.17) is 9.47 Å². The van der Waals surface area contributed by atoms with Crippen LogP contribution in [0.3, 0.4) is 0 Å². The molecule has 1 aromatic rings. The smallest absolute Gasteiger partial charge is 0.251 e. The van der Waals surface area contributed by atoms with Crippen LogP contribution in [0.5, 0.6) is 0 Å². The highest BCUT2D eigenvalue weighted by Gasteiger charge is 2.34. The number of thioether (sulfide) groups is 1. The molecule has 1 N–H and O–H groups in total. The molecule has 1 aromatic carbocycles. The Morgan fingerprint density at radius 2 is 2.05 bits per heavy atom. The minimum atomic E-state index is 0.00563. The number of hydrogen-bond acceptors (Lipinski definition) is 4. The van der Waals surface area contributed by atoms with Crippen LogP contribution in [0.4, 0.5) is 0 Å². The van der Waals surface area contributed by atoms with Crippen molar-refractivity contribution in [2.45, 2.75) is 42.4 Å². The van der Waals surface area contributed by atoms with Gasteiger partial charge < -0.3 is 14.8 Å². The van der Waals surface area contributed by atoms with Crippen molar-refractivity contribution in [3.05, 3.63) is 29.8 Å². The minimum absolute atomic E-state index is 0.00563. The average Bonchev–Trinajstić information content (AvgIpc) is 2.54. The lowest BCUT2D eigenvalue weighted by Gasteiger charge is -2.39.